The molecule has 0 radical (unpaired) electrons. The van der Waals surface area contributed by atoms with Crippen molar-refractivity contribution in [1.29, 1.82) is 0 Å². The standard InChI is InChI=1S/C22H40N6O3/c23-20(29)15-4-10-27(11-5-15)19-14-16(3-8-24-19)21-25-22(31-26-21)18-2-1-9-28(18)17-6-12-30-13-7-17/h15-19,21-22,24-26H,1-14H2,(H2,23,29). The Kier molecular flexibility index (Phi) is 7.09. The van der Waals surface area contributed by atoms with Crippen molar-refractivity contribution in [3.8, 4) is 0 Å². The Hall–Kier alpha value is -0.810. The molecule has 0 bridgehead atoms. The predicted octanol–water partition coefficient (Wildman–Crippen LogP) is -0.0706. The molecule has 5 unspecified atom stereocenters. The SMILES string of the molecule is NC(=O)C1CCN(C2CC(C3NOC(C4CCCN4C4CCOCC4)N3)CCN2)CC1. The third-order valence-electron chi connectivity index (χ3n) is 8.28. The van der Waals surface area contributed by atoms with Crippen molar-refractivity contribution < 1.29 is 14.4 Å². The molecule has 5 fully saturated rings. The molecule has 0 aromatic carbocycles. The van der Waals surface area contributed by atoms with Crippen LogP contribution in [-0.4, -0.2) is 85.7 Å². The van der Waals surface area contributed by atoms with E-state index in [0.717, 1.165) is 71.4 Å². The van der Waals surface area contributed by atoms with E-state index in [2.05, 4.69) is 25.9 Å². The number of rotatable bonds is 5. The summed E-state index contributed by atoms with van der Waals surface area (Å²) in [6.07, 6.45) is 9.38. The van der Waals surface area contributed by atoms with Gasteiger partial charge in [0.25, 0.3) is 0 Å². The number of primary amides is 1. The lowest BCUT2D eigenvalue weighted by Crippen LogP contribution is -2.57. The second-order valence-corrected chi connectivity index (χ2v) is 10.1. The summed E-state index contributed by atoms with van der Waals surface area (Å²) in [5.41, 5.74) is 8.86. The summed E-state index contributed by atoms with van der Waals surface area (Å²) >= 11 is 0. The molecule has 0 saturated carbocycles. The molecule has 5 atom stereocenters. The quantitative estimate of drug-likeness (QED) is 0.475. The van der Waals surface area contributed by atoms with Gasteiger partial charge in [-0.2, -0.15) is 5.48 Å². The van der Waals surface area contributed by atoms with Crippen molar-refractivity contribution in [3.63, 3.8) is 0 Å². The highest BCUT2D eigenvalue weighted by Gasteiger charge is 2.43. The predicted molar refractivity (Wildman–Crippen MR) is 117 cm³/mol. The largest absolute Gasteiger partial charge is 0.381 e. The molecule has 5 aliphatic rings. The van der Waals surface area contributed by atoms with Crippen molar-refractivity contribution >= 4 is 5.91 Å². The number of nitrogens with one attached hydrogen (secondary N) is 3. The van der Waals surface area contributed by atoms with E-state index in [1.54, 1.807) is 0 Å². The molecule has 5 aliphatic heterocycles. The van der Waals surface area contributed by atoms with Gasteiger partial charge in [-0.3, -0.25) is 24.7 Å². The lowest BCUT2D eigenvalue weighted by Gasteiger charge is -2.42. The molecule has 5 rings (SSSR count). The van der Waals surface area contributed by atoms with Crippen LogP contribution in [0, 0.1) is 11.8 Å². The number of likely N-dealkylation sites (tertiary alicyclic amines) is 2. The Bertz CT molecular complexity index is 610. The lowest BCUT2D eigenvalue weighted by molar-refractivity contribution is -0.123. The number of piperidine rings is 2. The summed E-state index contributed by atoms with van der Waals surface area (Å²) in [7, 11) is 0. The molecule has 0 aliphatic carbocycles. The maximum Gasteiger partial charge on any atom is 0.220 e. The minimum Gasteiger partial charge on any atom is -0.381 e. The number of carbonyl (C=O) groups excluding carboxylic acids is 1. The molecule has 0 aromatic rings. The number of hydroxylamine groups is 1. The molecule has 176 valence electrons. The zero-order valence-electron chi connectivity index (χ0n) is 18.6. The van der Waals surface area contributed by atoms with Crippen LogP contribution in [0.15, 0.2) is 0 Å². The fourth-order valence-electron chi connectivity index (χ4n) is 6.42. The van der Waals surface area contributed by atoms with Gasteiger partial charge in [0.2, 0.25) is 5.91 Å². The Labute approximate surface area is 185 Å². The van der Waals surface area contributed by atoms with Crippen LogP contribution < -0.4 is 21.8 Å². The molecule has 31 heavy (non-hydrogen) atoms. The van der Waals surface area contributed by atoms with Gasteiger partial charge in [-0.25, -0.2) is 0 Å². The maximum atomic E-state index is 11.5. The Morgan fingerprint density at radius 1 is 1.00 bits per heavy atom. The minimum atomic E-state index is -0.140. The van der Waals surface area contributed by atoms with E-state index in [9.17, 15) is 4.79 Å². The van der Waals surface area contributed by atoms with E-state index in [1.807, 2.05) is 0 Å². The minimum absolute atomic E-state index is 0.0491. The average molecular weight is 437 g/mol. The van der Waals surface area contributed by atoms with E-state index < -0.39 is 0 Å². The molecular formula is C22H40N6O3. The maximum absolute atomic E-state index is 11.5. The normalized spacial score (nSPS) is 39.8. The highest BCUT2D eigenvalue weighted by Crippen LogP contribution is 2.31. The van der Waals surface area contributed by atoms with E-state index in [0.29, 0.717) is 24.2 Å². The van der Waals surface area contributed by atoms with Crippen molar-refractivity contribution in [2.24, 2.45) is 17.6 Å². The van der Waals surface area contributed by atoms with Gasteiger partial charge in [0.1, 0.15) is 6.23 Å². The number of hydrogen-bond acceptors (Lipinski definition) is 8. The second-order valence-electron chi connectivity index (χ2n) is 10.1. The van der Waals surface area contributed by atoms with Gasteiger partial charge < -0.3 is 15.8 Å². The van der Waals surface area contributed by atoms with Crippen LogP contribution in [-0.2, 0) is 14.4 Å². The van der Waals surface area contributed by atoms with Crippen LogP contribution in [0.3, 0.4) is 0 Å². The molecule has 5 heterocycles. The van der Waals surface area contributed by atoms with Crippen molar-refractivity contribution in [2.45, 2.75) is 82.0 Å². The summed E-state index contributed by atoms with van der Waals surface area (Å²) in [5, 5.41) is 7.50. The summed E-state index contributed by atoms with van der Waals surface area (Å²) < 4.78 is 5.58. The second kappa shape index (κ2) is 9.99. The average Bonchev–Trinajstić information content (AvgIpc) is 3.50. The van der Waals surface area contributed by atoms with Crippen LogP contribution in [0.1, 0.15) is 51.4 Å². The zero-order valence-corrected chi connectivity index (χ0v) is 18.6. The van der Waals surface area contributed by atoms with Crippen LogP contribution in [0.2, 0.25) is 0 Å². The van der Waals surface area contributed by atoms with Crippen LogP contribution in [0.25, 0.3) is 0 Å². The van der Waals surface area contributed by atoms with Gasteiger partial charge in [-0.05, 0) is 70.4 Å². The fourth-order valence-corrected chi connectivity index (χ4v) is 6.42. The number of amides is 1. The monoisotopic (exact) mass is 436 g/mol. The lowest BCUT2D eigenvalue weighted by atomic mass is 9.90. The molecule has 9 nitrogen and oxygen atoms in total. The number of hydrogen-bond donors (Lipinski definition) is 4. The summed E-state index contributed by atoms with van der Waals surface area (Å²) in [6, 6.07) is 1.09. The van der Waals surface area contributed by atoms with Crippen LogP contribution in [0.4, 0.5) is 0 Å². The van der Waals surface area contributed by atoms with Crippen LogP contribution in [0.5, 0.6) is 0 Å². The van der Waals surface area contributed by atoms with Gasteiger partial charge in [-0.1, -0.05) is 0 Å². The summed E-state index contributed by atoms with van der Waals surface area (Å²) in [5.74, 6) is 0.439. The van der Waals surface area contributed by atoms with Crippen molar-refractivity contribution in [3.05, 3.63) is 0 Å². The first-order valence-corrected chi connectivity index (χ1v) is 12.5. The molecule has 9 heteroatoms. The molecule has 5 saturated heterocycles. The van der Waals surface area contributed by atoms with E-state index in [4.69, 9.17) is 15.3 Å². The Balaban J connectivity index is 1.13. The topological polar surface area (TPSA) is 104 Å². The number of ether oxygens (including phenoxy) is 1. The number of nitrogens with zero attached hydrogens (tertiary/aromatic N) is 2. The number of carbonyl (C=O) groups is 1. The van der Waals surface area contributed by atoms with E-state index in [-0.39, 0.29) is 24.2 Å². The van der Waals surface area contributed by atoms with Crippen molar-refractivity contribution in [1.82, 2.24) is 25.9 Å². The highest BCUT2D eigenvalue weighted by atomic mass is 16.7. The van der Waals surface area contributed by atoms with Gasteiger partial charge in [0.15, 0.2) is 0 Å². The first-order valence-electron chi connectivity index (χ1n) is 12.5. The number of nitrogens with two attached hydrogens (primary N) is 1. The molecular weight excluding hydrogens is 396 g/mol. The van der Waals surface area contributed by atoms with Crippen molar-refractivity contribution in [2.75, 3.05) is 39.4 Å². The third-order valence-corrected chi connectivity index (χ3v) is 8.28. The zero-order chi connectivity index (χ0) is 21.2. The first-order chi connectivity index (χ1) is 15.2. The Morgan fingerprint density at radius 3 is 2.58 bits per heavy atom. The first kappa shape index (κ1) is 22.0. The summed E-state index contributed by atoms with van der Waals surface area (Å²) in [6.45, 7) is 5.88. The smallest absolute Gasteiger partial charge is 0.220 e. The molecule has 0 aromatic heterocycles. The third kappa shape index (κ3) is 4.93. The highest BCUT2D eigenvalue weighted by molar-refractivity contribution is 5.76. The Morgan fingerprint density at radius 2 is 1.81 bits per heavy atom. The van der Waals surface area contributed by atoms with Gasteiger partial charge in [-0.15, -0.1) is 0 Å². The summed E-state index contributed by atoms with van der Waals surface area (Å²) in [4.78, 5) is 22.8. The van der Waals surface area contributed by atoms with E-state index >= 15 is 0 Å². The van der Waals surface area contributed by atoms with E-state index in [1.165, 1.54) is 19.4 Å². The van der Waals surface area contributed by atoms with Gasteiger partial charge >= 0.3 is 0 Å². The molecule has 5 N–H and O–H groups in total. The van der Waals surface area contributed by atoms with Crippen LogP contribution >= 0.6 is 0 Å². The van der Waals surface area contributed by atoms with Gasteiger partial charge in [0.05, 0.1) is 18.4 Å². The molecule has 0 spiro atoms. The van der Waals surface area contributed by atoms with Gasteiger partial charge in [0, 0.05) is 38.3 Å². The fraction of sp³-hybridized carbons (Fsp3) is 0.955. The molecule has 1 amide bonds.